The average molecular weight is 399 g/mol. The number of rotatable bonds is 5. The first-order chi connectivity index (χ1) is 12.6. The Morgan fingerprint density at radius 1 is 1.11 bits per heavy atom. The fourth-order valence-corrected chi connectivity index (χ4v) is 4.12. The second-order valence-electron chi connectivity index (χ2n) is 6.89. The molecule has 1 aliphatic heterocycles. The van der Waals surface area contributed by atoms with Gasteiger partial charge >= 0.3 is 12.1 Å². The minimum atomic E-state index is -1.08. The number of hydrogen-bond acceptors (Lipinski definition) is 7. The Labute approximate surface area is 162 Å². The zero-order valence-electron chi connectivity index (χ0n) is 16.3. The summed E-state index contributed by atoms with van der Waals surface area (Å²) in [5.74, 6) is 0.440. The first kappa shape index (κ1) is 21.0. The zero-order chi connectivity index (χ0) is 20.4. The van der Waals surface area contributed by atoms with Crippen molar-refractivity contribution < 1.29 is 33.6 Å². The molecule has 1 N–H and O–H groups in total. The summed E-state index contributed by atoms with van der Waals surface area (Å²) in [6.45, 7) is 5.20. The summed E-state index contributed by atoms with van der Waals surface area (Å²) in [4.78, 5) is 25.7. The smallest absolute Gasteiger partial charge is 0.412 e. The van der Waals surface area contributed by atoms with Gasteiger partial charge in [0.1, 0.15) is 17.0 Å². The molecule has 0 spiro atoms. The Kier molecular flexibility index (Phi) is 6.35. The molecule has 2 atom stereocenters. The number of methoxy groups -OCH3 is 3. The quantitative estimate of drug-likeness (QED) is 0.807. The lowest BCUT2D eigenvalue weighted by atomic mass is 10.1. The van der Waals surface area contributed by atoms with Crippen LogP contribution in [0.3, 0.4) is 0 Å². The van der Waals surface area contributed by atoms with E-state index < -0.39 is 29.1 Å². The van der Waals surface area contributed by atoms with Crippen molar-refractivity contribution in [3.05, 3.63) is 17.7 Å². The summed E-state index contributed by atoms with van der Waals surface area (Å²) in [6.07, 6.45) is -0.682. The monoisotopic (exact) mass is 399 g/mol. The van der Waals surface area contributed by atoms with Crippen LogP contribution < -0.4 is 14.2 Å². The summed E-state index contributed by atoms with van der Waals surface area (Å²) in [7, 11) is 4.49. The molecule has 150 valence electrons. The third-order valence-corrected chi connectivity index (χ3v) is 5.19. The standard InChI is InChI=1S/C18H25NO7S/c1-18(2,3)26-17(22)19-11(16(20)21)9-27-15(19)10-7-12(23-4)14(25-6)13(8-10)24-5/h7-8,11,15H,9H2,1-6H3,(H,20,21)/t11-,15?/m0/s1. The van der Waals surface area contributed by atoms with Crippen molar-refractivity contribution in [1.29, 1.82) is 0 Å². The number of hydrogen-bond donors (Lipinski definition) is 1. The Morgan fingerprint density at radius 3 is 2.07 bits per heavy atom. The fraction of sp³-hybridized carbons (Fsp3) is 0.556. The molecule has 1 heterocycles. The van der Waals surface area contributed by atoms with E-state index in [0.717, 1.165) is 0 Å². The van der Waals surface area contributed by atoms with Gasteiger partial charge in [-0.1, -0.05) is 0 Å². The maximum atomic E-state index is 12.7. The van der Waals surface area contributed by atoms with Crippen LogP contribution >= 0.6 is 11.8 Å². The van der Waals surface area contributed by atoms with Crippen LogP contribution in [0.15, 0.2) is 12.1 Å². The maximum absolute atomic E-state index is 12.7. The number of aliphatic carboxylic acids is 1. The highest BCUT2D eigenvalue weighted by atomic mass is 32.2. The molecule has 27 heavy (non-hydrogen) atoms. The van der Waals surface area contributed by atoms with Crippen molar-refractivity contribution in [3.8, 4) is 17.2 Å². The van der Waals surface area contributed by atoms with Gasteiger partial charge in [0, 0.05) is 5.75 Å². The van der Waals surface area contributed by atoms with Gasteiger partial charge in [-0.3, -0.25) is 4.90 Å². The van der Waals surface area contributed by atoms with Gasteiger partial charge in [0.2, 0.25) is 5.75 Å². The second kappa shape index (κ2) is 8.16. The van der Waals surface area contributed by atoms with Gasteiger partial charge in [-0.05, 0) is 38.5 Å². The van der Waals surface area contributed by atoms with Crippen LogP contribution in [0.5, 0.6) is 17.2 Å². The molecule has 0 bridgehead atoms. The van der Waals surface area contributed by atoms with E-state index in [0.29, 0.717) is 22.8 Å². The number of carbonyl (C=O) groups is 2. The molecular weight excluding hydrogens is 374 g/mol. The number of amides is 1. The van der Waals surface area contributed by atoms with Gasteiger partial charge in [-0.15, -0.1) is 11.8 Å². The first-order valence-electron chi connectivity index (χ1n) is 8.28. The molecule has 0 aromatic heterocycles. The summed E-state index contributed by atoms with van der Waals surface area (Å²) in [6, 6.07) is 2.43. The number of carbonyl (C=O) groups excluding carboxylic acids is 1. The Morgan fingerprint density at radius 2 is 1.67 bits per heavy atom. The van der Waals surface area contributed by atoms with Crippen LogP contribution in [0.2, 0.25) is 0 Å². The summed E-state index contributed by atoms with van der Waals surface area (Å²) >= 11 is 1.34. The van der Waals surface area contributed by atoms with E-state index >= 15 is 0 Å². The maximum Gasteiger partial charge on any atom is 0.412 e. The largest absolute Gasteiger partial charge is 0.493 e. The van der Waals surface area contributed by atoms with Crippen LogP contribution in [0, 0.1) is 0 Å². The molecule has 9 heteroatoms. The van der Waals surface area contributed by atoms with Crippen molar-refractivity contribution in [2.45, 2.75) is 37.8 Å². The molecule has 1 aromatic carbocycles. The van der Waals surface area contributed by atoms with Gasteiger partial charge in [-0.2, -0.15) is 0 Å². The van der Waals surface area contributed by atoms with Crippen LogP contribution in [-0.4, -0.2) is 60.8 Å². The molecule has 1 amide bonds. The van der Waals surface area contributed by atoms with Crippen molar-refractivity contribution in [3.63, 3.8) is 0 Å². The SMILES string of the molecule is COc1cc(C2SC[C@@H](C(=O)O)N2C(=O)OC(C)(C)C)cc(OC)c1OC. The lowest BCUT2D eigenvalue weighted by molar-refractivity contribution is -0.142. The number of nitrogens with zero attached hydrogens (tertiary/aromatic N) is 1. The van der Waals surface area contributed by atoms with Crippen molar-refractivity contribution in [2.24, 2.45) is 0 Å². The van der Waals surface area contributed by atoms with Gasteiger partial charge < -0.3 is 24.1 Å². The van der Waals surface area contributed by atoms with Crippen molar-refractivity contribution in [1.82, 2.24) is 4.90 Å². The van der Waals surface area contributed by atoms with E-state index in [1.165, 1.54) is 38.0 Å². The highest BCUT2D eigenvalue weighted by Gasteiger charge is 2.44. The molecule has 1 saturated heterocycles. The topological polar surface area (TPSA) is 94.5 Å². The Hall–Kier alpha value is -2.29. The van der Waals surface area contributed by atoms with Crippen molar-refractivity contribution >= 4 is 23.8 Å². The van der Waals surface area contributed by atoms with Gasteiger partial charge in [0.15, 0.2) is 11.5 Å². The zero-order valence-corrected chi connectivity index (χ0v) is 17.1. The van der Waals surface area contributed by atoms with Crippen LogP contribution in [0.25, 0.3) is 0 Å². The summed E-state index contributed by atoms with van der Waals surface area (Å²) in [5.41, 5.74) is -0.0862. The highest BCUT2D eigenvalue weighted by Crippen LogP contribution is 2.47. The van der Waals surface area contributed by atoms with Gasteiger partial charge in [0.25, 0.3) is 0 Å². The van der Waals surface area contributed by atoms with E-state index in [-0.39, 0.29) is 5.75 Å². The Balaban J connectivity index is 2.48. The van der Waals surface area contributed by atoms with Crippen LogP contribution in [-0.2, 0) is 9.53 Å². The van der Waals surface area contributed by atoms with E-state index in [4.69, 9.17) is 18.9 Å². The lowest BCUT2D eigenvalue weighted by Crippen LogP contribution is -2.45. The van der Waals surface area contributed by atoms with Gasteiger partial charge in [-0.25, -0.2) is 9.59 Å². The highest BCUT2D eigenvalue weighted by molar-refractivity contribution is 7.99. The predicted octanol–water partition coefficient (Wildman–Crippen LogP) is 3.15. The fourth-order valence-electron chi connectivity index (χ4n) is 2.73. The predicted molar refractivity (Wildman–Crippen MR) is 101 cm³/mol. The van der Waals surface area contributed by atoms with E-state index in [1.54, 1.807) is 32.9 Å². The molecule has 8 nitrogen and oxygen atoms in total. The molecular formula is C18H25NO7S. The van der Waals surface area contributed by atoms with E-state index in [1.807, 2.05) is 0 Å². The van der Waals surface area contributed by atoms with Crippen LogP contribution in [0.4, 0.5) is 4.79 Å². The molecule has 1 aliphatic rings. The summed E-state index contributed by atoms with van der Waals surface area (Å²) < 4.78 is 21.5. The first-order valence-corrected chi connectivity index (χ1v) is 9.33. The minimum Gasteiger partial charge on any atom is -0.493 e. The third kappa shape index (κ3) is 4.52. The second-order valence-corrected chi connectivity index (χ2v) is 8.00. The average Bonchev–Trinajstić information content (AvgIpc) is 3.04. The molecule has 0 aliphatic carbocycles. The number of benzene rings is 1. The van der Waals surface area contributed by atoms with Gasteiger partial charge in [0.05, 0.1) is 21.3 Å². The minimum absolute atomic E-state index is 0.246. The molecule has 0 saturated carbocycles. The summed E-state index contributed by atoms with van der Waals surface area (Å²) in [5, 5.41) is 8.99. The molecule has 1 aromatic rings. The normalized spacial score (nSPS) is 19.6. The molecule has 2 rings (SSSR count). The number of ether oxygens (including phenoxy) is 4. The van der Waals surface area contributed by atoms with E-state index in [2.05, 4.69) is 0 Å². The third-order valence-electron chi connectivity index (χ3n) is 3.86. The number of carboxylic acids is 1. The van der Waals surface area contributed by atoms with E-state index in [9.17, 15) is 14.7 Å². The van der Waals surface area contributed by atoms with Crippen LogP contribution in [0.1, 0.15) is 31.7 Å². The van der Waals surface area contributed by atoms with Crippen molar-refractivity contribution in [2.75, 3.05) is 27.1 Å². The Bertz CT molecular complexity index is 691. The number of thioether (sulfide) groups is 1. The molecule has 0 radical (unpaired) electrons. The lowest BCUT2D eigenvalue weighted by Gasteiger charge is -2.30. The number of carboxylic acid groups (broad SMARTS) is 1. The molecule has 1 unspecified atom stereocenters. The molecule has 1 fully saturated rings.